The van der Waals surface area contributed by atoms with Gasteiger partial charge in [0.1, 0.15) is 5.41 Å². The van der Waals surface area contributed by atoms with Crippen LogP contribution in [-0.4, -0.2) is 31.4 Å². The molecule has 26 heavy (non-hydrogen) atoms. The number of ether oxygens (including phenoxy) is 1. The van der Waals surface area contributed by atoms with Crippen LogP contribution in [0.5, 0.6) is 0 Å². The van der Waals surface area contributed by atoms with Crippen molar-refractivity contribution in [1.29, 1.82) is 0 Å². The number of hydrogen-bond donors (Lipinski definition) is 1. The fourth-order valence-electron chi connectivity index (χ4n) is 3.02. The minimum absolute atomic E-state index is 0.266. The van der Waals surface area contributed by atoms with Crippen molar-refractivity contribution in [3.8, 4) is 0 Å². The highest BCUT2D eigenvalue weighted by atomic mass is 35.5. The first-order chi connectivity index (χ1) is 12.5. The molecule has 1 saturated heterocycles. The van der Waals surface area contributed by atoms with Crippen LogP contribution < -0.4 is 10.3 Å². The summed E-state index contributed by atoms with van der Waals surface area (Å²) in [5, 5.41) is 5.20. The number of rotatable bonds is 5. The summed E-state index contributed by atoms with van der Waals surface area (Å²) in [6, 6.07) is 17.3. The van der Waals surface area contributed by atoms with Gasteiger partial charge in [0.05, 0.1) is 24.6 Å². The molecule has 5 nitrogen and oxygen atoms in total. The van der Waals surface area contributed by atoms with Crippen molar-refractivity contribution < 1.29 is 9.53 Å². The van der Waals surface area contributed by atoms with E-state index < -0.39 is 5.41 Å². The van der Waals surface area contributed by atoms with Gasteiger partial charge >= 0.3 is 5.97 Å². The first-order valence-electron chi connectivity index (χ1n) is 8.59. The quantitative estimate of drug-likeness (QED) is 0.632. The Balaban J connectivity index is 1.89. The molecule has 0 saturated carbocycles. The average Bonchev–Trinajstić information content (AvgIpc) is 2.99. The lowest BCUT2D eigenvalue weighted by atomic mass is 9.88. The standard InChI is InChI=1S/C20H22ClN3O2/c1-3-26-19(25)20(2)14-24(17-11-7-8-15(21)12-17)13-18(20)23-22-16-9-5-4-6-10-16/h4-12,22H,3,13-14H2,1-2H3/b23-18+. The van der Waals surface area contributed by atoms with Crippen molar-refractivity contribution in [3.05, 3.63) is 59.6 Å². The van der Waals surface area contributed by atoms with E-state index in [9.17, 15) is 4.79 Å². The van der Waals surface area contributed by atoms with Crippen molar-refractivity contribution in [2.24, 2.45) is 10.5 Å². The number of para-hydroxylation sites is 1. The van der Waals surface area contributed by atoms with Crippen LogP contribution in [0.3, 0.4) is 0 Å². The summed E-state index contributed by atoms with van der Waals surface area (Å²) in [6.45, 7) is 5.03. The van der Waals surface area contributed by atoms with Crippen molar-refractivity contribution in [2.75, 3.05) is 30.0 Å². The Morgan fingerprint density at radius 1 is 1.27 bits per heavy atom. The second kappa shape index (κ2) is 7.79. The molecule has 0 spiro atoms. The predicted octanol–water partition coefficient (Wildman–Crippen LogP) is 4.20. The minimum atomic E-state index is -0.819. The molecule has 1 aliphatic rings. The maximum Gasteiger partial charge on any atom is 0.319 e. The third kappa shape index (κ3) is 3.83. The topological polar surface area (TPSA) is 53.9 Å². The van der Waals surface area contributed by atoms with Crippen LogP contribution in [0.4, 0.5) is 11.4 Å². The van der Waals surface area contributed by atoms with Gasteiger partial charge in [-0.1, -0.05) is 35.9 Å². The highest BCUT2D eigenvalue weighted by Gasteiger charge is 2.47. The Bertz CT molecular complexity index is 810. The highest BCUT2D eigenvalue weighted by Crippen LogP contribution is 2.33. The van der Waals surface area contributed by atoms with Crippen LogP contribution in [0.1, 0.15) is 13.8 Å². The zero-order chi connectivity index (χ0) is 18.6. The Morgan fingerprint density at radius 2 is 2.04 bits per heavy atom. The van der Waals surface area contributed by atoms with Gasteiger partial charge in [0.2, 0.25) is 0 Å². The van der Waals surface area contributed by atoms with Crippen LogP contribution in [0.25, 0.3) is 0 Å². The summed E-state index contributed by atoms with van der Waals surface area (Å²) in [4.78, 5) is 14.7. The molecule has 0 aromatic heterocycles. The molecule has 2 aromatic carbocycles. The molecule has 1 N–H and O–H groups in total. The SMILES string of the molecule is CCOC(=O)C1(C)CN(c2cccc(Cl)c2)C/C1=N\Nc1ccccc1. The van der Waals surface area contributed by atoms with E-state index in [-0.39, 0.29) is 5.97 Å². The molecule has 0 amide bonds. The largest absolute Gasteiger partial charge is 0.465 e. The second-order valence-electron chi connectivity index (χ2n) is 6.42. The molecule has 1 aliphatic heterocycles. The van der Waals surface area contributed by atoms with Gasteiger partial charge in [0.15, 0.2) is 0 Å². The van der Waals surface area contributed by atoms with Crippen molar-refractivity contribution in [1.82, 2.24) is 0 Å². The van der Waals surface area contributed by atoms with Gasteiger partial charge < -0.3 is 9.64 Å². The summed E-state index contributed by atoms with van der Waals surface area (Å²) in [7, 11) is 0. The number of benzene rings is 2. The fourth-order valence-corrected chi connectivity index (χ4v) is 3.20. The number of nitrogens with zero attached hydrogens (tertiary/aromatic N) is 2. The maximum atomic E-state index is 12.6. The third-order valence-electron chi connectivity index (χ3n) is 4.48. The third-order valence-corrected chi connectivity index (χ3v) is 4.71. The molecule has 0 aliphatic carbocycles. The van der Waals surface area contributed by atoms with Crippen molar-refractivity contribution in [2.45, 2.75) is 13.8 Å². The van der Waals surface area contributed by atoms with Gasteiger partial charge in [-0.25, -0.2) is 0 Å². The van der Waals surface area contributed by atoms with E-state index >= 15 is 0 Å². The smallest absolute Gasteiger partial charge is 0.319 e. The summed E-state index contributed by atoms with van der Waals surface area (Å²) >= 11 is 6.12. The first-order valence-corrected chi connectivity index (χ1v) is 8.96. The van der Waals surface area contributed by atoms with Gasteiger partial charge in [-0.3, -0.25) is 10.2 Å². The van der Waals surface area contributed by atoms with Crippen LogP contribution in [-0.2, 0) is 9.53 Å². The van der Waals surface area contributed by atoms with Gasteiger partial charge in [-0.05, 0) is 44.2 Å². The molecule has 6 heteroatoms. The Labute approximate surface area is 158 Å². The number of anilines is 2. The van der Waals surface area contributed by atoms with Crippen LogP contribution in [0.2, 0.25) is 5.02 Å². The summed E-state index contributed by atoms with van der Waals surface area (Å²) in [5.41, 5.74) is 4.79. The second-order valence-corrected chi connectivity index (χ2v) is 6.86. The Kier molecular flexibility index (Phi) is 5.47. The number of hydrazone groups is 1. The Hall–Kier alpha value is -2.53. The molecule has 1 fully saturated rings. The number of hydrogen-bond acceptors (Lipinski definition) is 5. The molecule has 136 valence electrons. The van der Waals surface area contributed by atoms with E-state index in [4.69, 9.17) is 16.3 Å². The lowest BCUT2D eigenvalue weighted by Crippen LogP contribution is -2.38. The molecule has 1 heterocycles. The number of nitrogens with one attached hydrogen (secondary N) is 1. The lowest BCUT2D eigenvalue weighted by molar-refractivity contribution is -0.149. The van der Waals surface area contributed by atoms with Crippen molar-refractivity contribution >= 4 is 34.7 Å². The zero-order valence-electron chi connectivity index (χ0n) is 14.9. The number of carbonyl (C=O) groups is 1. The summed E-state index contributed by atoms with van der Waals surface area (Å²) in [6.07, 6.45) is 0. The molecule has 2 aromatic rings. The Morgan fingerprint density at radius 3 is 2.73 bits per heavy atom. The highest BCUT2D eigenvalue weighted by molar-refractivity contribution is 6.30. The first kappa shape index (κ1) is 18.3. The maximum absolute atomic E-state index is 12.6. The molecule has 1 unspecified atom stereocenters. The monoisotopic (exact) mass is 371 g/mol. The lowest BCUT2D eigenvalue weighted by Gasteiger charge is -2.23. The molecular weight excluding hydrogens is 350 g/mol. The fraction of sp³-hybridized carbons (Fsp3) is 0.300. The molecular formula is C20H22ClN3O2. The normalized spacial score (nSPS) is 21.0. The van der Waals surface area contributed by atoms with E-state index in [1.165, 1.54) is 0 Å². The van der Waals surface area contributed by atoms with Crippen molar-refractivity contribution in [3.63, 3.8) is 0 Å². The van der Waals surface area contributed by atoms with Gasteiger partial charge in [-0.2, -0.15) is 5.10 Å². The molecule has 0 bridgehead atoms. The predicted molar refractivity (Wildman–Crippen MR) is 106 cm³/mol. The van der Waals surface area contributed by atoms with Gasteiger partial charge in [-0.15, -0.1) is 0 Å². The van der Waals surface area contributed by atoms with E-state index in [2.05, 4.69) is 15.4 Å². The van der Waals surface area contributed by atoms with E-state index in [1.54, 1.807) is 0 Å². The van der Waals surface area contributed by atoms with Crippen LogP contribution in [0.15, 0.2) is 59.7 Å². The number of halogens is 1. The molecule has 1 atom stereocenters. The summed E-state index contributed by atoms with van der Waals surface area (Å²) in [5.74, 6) is -0.266. The van der Waals surface area contributed by atoms with Gasteiger partial charge in [0, 0.05) is 17.3 Å². The molecule has 0 radical (unpaired) electrons. The number of carbonyl (C=O) groups excluding carboxylic acids is 1. The average molecular weight is 372 g/mol. The van der Waals surface area contributed by atoms with Gasteiger partial charge in [0.25, 0.3) is 0 Å². The van der Waals surface area contributed by atoms with Crippen LogP contribution in [0, 0.1) is 5.41 Å². The molecule has 3 rings (SSSR count). The van der Waals surface area contributed by atoms with E-state index in [0.29, 0.717) is 24.7 Å². The van der Waals surface area contributed by atoms with E-state index in [0.717, 1.165) is 17.1 Å². The summed E-state index contributed by atoms with van der Waals surface area (Å²) < 4.78 is 5.32. The number of esters is 1. The van der Waals surface area contributed by atoms with E-state index in [1.807, 2.05) is 68.4 Å². The zero-order valence-corrected chi connectivity index (χ0v) is 15.7. The van der Waals surface area contributed by atoms with Crippen LogP contribution >= 0.6 is 11.6 Å². The minimum Gasteiger partial charge on any atom is -0.465 e.